The lowest BCUT2D eigenvalue weighted by Gasteiger charge is -2.08. The third kappa shape index (κ3) is 3.91. The van der Waals surface area contributed by atoms with Crippen molar-refractivity contribution in [3.8, 4) is 5.75 Å². The van der Waals surface area contributed by atoms with E-state index in [1.807, 2.05) is 30.3 Å². The van der Waals surface area contributed by atoms with Crippen molar-refractivity contribution in [1.82, 2.24) is 0 Å². The maximum Gasteiger partial charge on any atom is 0.165 e. The van der Waals surface area contributed by atoms with E-state index in [1.54, 1.807) is 12.1 Å². The summed E-state index contributed by atoms with van der Waals surface area (Å²) in [6.07, 6.45) is 1.79. The number of aldehydes is 1. The van der Waals surface area contributed by atoms with Crippen molar-refractivity contribution in [3.63, 3.8) is 0 Å². The number of hydrogen-bond donors (Lipinski definition) is 0. The SMILES string of the molecule is O=CCCc1ccc(OCc2ccccc2)c(F)c1. The summed E-state index contributed by atoms with van der Waals surface area (Å²) in [5, 5.41) is 0. The minimum Gasteiger partial charge on any atom is -0.486 e. The summed E-state index contributed by atoms with van der Waals surface area (Å²) in [6, 6.07) is 14.4. The summed E-state index contributed by atoms with van der Waals surface area (Å²) >= 11 is 0. The molecule has 2 aromatic carbocycles. The Labute approximate surface area is 111 Å². The second-order valence-electron chi connectivity index (χ2n) is 4.24. The summed E-state index contributed by atoms with van der Waals surface area (Å²) in [7, 11) is 0. The van der Waals surface area contributed by atoms with Crippen LogP contribution in [0.25, 0.3) is 0 Å². The van der Waals surface area contributed by atoms with E-state index in [0.717, 1.165) is 17.4 Å². The Hall–Kier alpha value is -2.16. The quantitative estimate of drug-likeness (QED) is 0.741. The largest absolute Gasteiger partial charge is 0.486 e. The molecule has 0 fully saturated rings. The predicted molar refractivity (Wildman–Crippen MR) is 71.6 cm³/mol. The van der Waals surface area contributed by atoms with Gasteiger partial charge < -0.3 is 9.53 Å². The minimum absolute atomic E-state index is 0.235. The first-order valence-electron chi connectivity index (χ1n) is 6.18. The highest BCUT2D eigenvalue weighted by Crippen LogP contribution is 2.20. The Morgan fingerprint density at radius 3 is 2.53 bits per heavy atom. The van der Waals surface area contributed by atoms with Gasteiger partial charge in [-0.3, -0.25) is 0 Å². The van der Waals surface area contributed by atoms with Gasteiger partial charge in [0.15, 0.2) is 11.6 Å². The van der Waals surface area contributed by atoms with E-state index in [-0.39, 0.29) is 11.6 Å². The molecule has 0 spiro atoms. The van der Waals surface area contributed by atoms with Crippen molar-refractivity contribution in [2.45, 2.75) is 19.4 Å². The highest BCUT2D eigenvalue weighted by molar-refractivity contribution is 5.50. The van der Waals surface area contributed by atoms with E-state index in [9.17, 15) is 9.18 Å². The predicted octanol–water partition coefficient (Wildman–Crippen LogP) is 3.54. The van der Waals surface area contributed by atoms with Crippen molar-refractivity contribution in [1.29, 1.82) is 0 Å². The molecule has 0 saturated heterocycles. The van der Waals surface area contributed by atoms with Crippen molar-refractivity contribution in [2.75, 3.05) is 0 Å². The monoisotopic (exact) mass is 258 g/mol. The van der Waals surface area contributed by atoms with Crippen LogP contribution in [0.3, 0.4) is 0 Å². The van der Waals surface area contributed by atoms with E-state index in [0.29, 0.717) is 19.4 Å². The van der Waals surface area contributed by atoms with Gasteiger partial charge >= 0.3 is 0 Å². The molecule has 0 unspecified atom stereocenters. The van der Waals surface area contributed by atoms with Crippen LogP contribution in [0.15, 0.2) is 48.5 Å². The lowest BCUT2D eigenvalue weighted by Crippen LogP contribution is -1.98. The van der Waals surface area contributed by atoms with Gasteiger partial charge in [0.05, 0.1) is 0 Å². The first kappa shape index (κ1) is 13.3. The number of hydrogen-bond acceptors (Lipinski definition) is 2. The van der Waals surface area contributed by atoms with Gasteiger partial charge in [0.1, 0.15) is 12.9 Å². The molecule has 0 heterocycles. The van der Waals surface area contributed by atoms with Crippen LogP contribution < -0.4 is 4.74 Å². The van der Waals surface area contributed by atoms with Gasteiger partial charge in [-0.2, -0.15) is 0 Å². The van der Waals surface area contributed by atoms with Crippen LogP contribution in [-0.4, -0.2) is 6.29 Å². The van der Waals surface area contributed by atoms with Gasteiger partial charge in [0.25, 0.3) is 0 Å². The molecule has 0 N–H and O–H groups in total. The number of carbonyl (C=O) groups is 1. The summed E-state index contributed by atoms with van der Waals surface area (Å²) < 4.78 is 19.2. The molecule has 0 saturated carbocycles. The maximum absolute atomic E-state index is 13.8. The van der Waals surface area contributed by atoms with Crippen LogP contribution in [0.2, 0.25) is 0 Å². The molecule has 0 radical (unpaired) electrons. The first-order valence-corrected chi connectivity index (χ1v) is 6.18. The second-order valence-corrected chi connectivity index (χ2v) is 4.24. The number of rotatable bonds is 6. The maximum atomic E-state index is 13.8. The van der Waals surface area contributed by atoms with Gasteiger partial charge in [-0.25, -0.2) is 4.39 Å². The Kier molecular flexibility index (Phi) is 4.67. The Balaban J connectivity index is 1.99. The molecule has 0 aromatic heterocycles. The van der Waals surface area contributed by atoms with E-state index < -0.39 is 0 Å². The Morgan fingerprint density at radius 1 is 1.05 bits per heavy atom. The molecule has 19 heavy (non-hydrogen) atoms. The van der Waals surface area contributed by atoms with Crippen LogP contribution >= 0.6 is 0 Å². The topological polar surface area (TPSA) is 26.3 Å². The number of halogens is 1. The van der Waals surface area contributed by atoms with Gasteiger partial charge in [0, 0.05) is 6.42 Å². The molecule has 0 aliphatic rings. The fourth-order valence-corrected chi connectivity index (χ4v) is 1.78. The highest BCUT2D eigenvalue weighted by Gasteiger charge is 2.05. The highest BCUT2D eigenvalue weighted by atomic mass is 19.1. The molecule has 3 heteroatoms. The Bertz CT molecular complexity index is 538. The molecule has 0 atom stereocenters. The van der Waals surface area contributed by atoms with E-state index in [1.165, 1.54) is 6.07 Å². The van der Waals surface area contributed by atoms with Crippen molar-refractivity contribution >= 4 is 6.29 Å². The average Bonchev–Trinajstić information content (AvgIpc) is 2.45. The lowest BCUT2D eigenvalue weighted by molar-refractivity contribution is -0.107. The summed E-state index contributed by atoms with van der Waals surface area (Å²) in [4.78, 5) is 10.3. The van der Waals surface area contributed by atoms with Crippen LogP contribution in [-0.2, 0) is 17.8 Å². The third-order valence-corrected chi connectivity index (χ3v) is 2.78. The molecule has 2 aromatic rings. The van der Waals surface area contributed by atoms with Crippen LogP contribution in [0.5, 0.6) is 5.75 Å². The lowest BCUT2D eigenvalue weighted by atomic mass is 10.1. The number of aryl methyl sites for hydroxylation is 1. The molecule has 0 aliphatic carbocycles. The van der Waals surface area contributed by atoms with Crippen molar-refractivity contribution in [2.24, 2.45) is 0 Å². The zero-order chi connectivity index (χ0) is 13.5. The van der Waals surface area contributed by atoms with Crippen LogP contribution in [0, 0.1) is 5.82 Å². The van der Waals surface area contributed by atoms with Crippen LogP contribution in [0.4, 0.5) is 4.39 Å². The zero-order valence-corrected chi connectivity index (χ0v) is 10.5. The van der Waals surface area contributed by atoms with Gasteiger partial charge in [-0.05, 0) is 29.7 Å². The fraction of sp³-hybridized carbons (Fsp3) is 0.188. The molecule has 0 amide bonds. The molecule has 0 bridgehead atoms. The number of ether oxygens (including phenoxy) is 1. The normalized spacial score (nSPS) is 10.2. The van der Waals surface area contributed by atoms with Gasteiger partial charge in [0.2, 0.25) is 0 Å². The summed E-state index contributed by atoms with van der Waals surface area (Å²) in [5.74, 6) is -0.155. The van der Waals surface area contributed by atoms with E-state index in [2.05, 4.69) is 0 Å². The van der Waals surface area contributed by atoms with E-state index >= 15 is 0 Å². The third-order valence-electron chi connectivity index (χ3n) is 2.78. The molecular formula is C16H15FO2. The molecule has 2 nitrogen and oxygen atoms in total. The molecule has 98 valence electrons. The zero-order valence-electron chi connectivity index (χ0n) is 10.5. The standard InChI is InChI=1S/C16H15FO2/c17-15-11-13(7-4-10-18)8-9-16(15)19-12-14-5-2-1-3-6-14/h1-3,5-6,8-11H,4,7,12H2. The van der Waals surface area contributed by atoms with E-state index in [4.69, 9.17) is 4.74 Å². The summed E-state index contributed by atoms with van der Waals surface area (Å²) in [6.45, 7) is 0.339. The second kappa shape index (κ2) is 6.69. The molecule has 2 rings (SSSR count). The number of carbonyl (C=O) groups excluding carboxylic acids is 1. The number of benzene rings is 2. The molecule has 0 aliphatic heterocycles. The molecular weight excluding hydrogens is 243 g/mol. The first-order chi connectivity index (χ1) is 9.29. The Morgan fingerprint density at radius 2 is 1.84 bits per heavy atom. The average molecular weight is 258 g/mol. The van der Waals surface area contributed by atoms with Crippen LogP contribution in [0.1, 0.15) is 17.5 Å². The fourth-order valence-electron chi connectivity index (χ4n) is 1.78. The van der Waals surface area contributed by atoms with Crippen molar-refractivity contribution < 1.29 is 13.9 Å². The van der Waals surface area contributed by atoms with Gasteiger partial charge in [-0.15, -0.1) is 0 Å². The summed E-state index contributed by atoms with van der Waals surface area (Å²) in [5.41, 5.74) is 1.79. The van der Waals surface area contributed by atoms with Gasteiger partial charge in [-0.1, -0.05) is 36.4 Å². The minimum atomic E-state index is -0.390. The smallest absolute Gasteiger partial charge is 0.165 e. The van der Waals surface area contributed by atoms with Crippen molar-refractivity contribution in [3.05, 3.63) is 65.5 Å².